The number of nitrogens with zero attached hydrogens (tertiary/aromatic N) is 1. The van der Waals surface area contributed by atoms with E-state index in [2.05, 4.69) is 30.5 Å². The number of nitrogens with one attached hydrogen (secondary N) is 2. The SMILES string of the molecule is C=C[C@@H]1C[C@]1(CC(=O)[C@@H]1C[C@@]2(CN1C(=O)[C@@H](CC(=O)[C@@H](NC(C)=O)C1CCCCC1)C(C)(C)C)C(C)(C)C21CCC1)C(=O)NS(=O)(=O)C1CC1. The van der Waals surface area contributed by atoms with Gasteiger partial charge in [-0.05, 0) is 79.4 Å². The lowest BCUT2D eigenvalue weighted by Crippen LogP contribution is -2.51. The van der Waals surface area contributed by atoms with Gasteiger partial charge in [0.25, 0.3) is 0 Å². The first-order chi connectivity index (χ1) is 23.3. The van der Waals surface area contributed by atoms with Crippen LogP contribution < -0.4 is 10.0 Å². The maximum atomic E-state index is 15.0. The fourth-order valence-electron chi connectivity index (χ4n) is 10.9. The van der Waals surface area contributed by atoms with E-state index < -0.39 is 50.0 Å². The molecule has 0 aromatic carbocycles. The second-order valence-corrected chi connectivity index (χ2v) is 20.5. The molecule has 6 fully saturated rings. The lowest BCUT2D eigenvalue weighted by molar-refractivity contribution is -0.147. The summed E-state index contributed by atoms with van der Waals surface area (Å²) in [6.45, 7) is 16.1. The second-order valence-electron chi connectivity index (χ2n) is 18.5. The van der Waals surface area contributed by atoms with Crippen molar-refractivity contribution in [1.29, 1.82) is 0 Å². The molecule has 2 N–H and O–H groups in total. The Labute approximate surface area is 298 Å². The Morgan fingerprint density at radius 1 is 0.940 bits per heavy atom. The summed E-state index contributed by atoms with van der Waals surface area (Å²) in [7, 11) is -3.81. The van der Waals surface area contributed by atoms with Crippen LogP contribution in [0.5, 0.6) is 0 Å². The van der Waals surface area contributed by atoms with Gasteiger partial charge in [-0.1, -0.05) is 66.4 Å². The van der Waals surface area contributed by atoms with Gasteiger partial charge < -0.3 is 10.2 Å². The molecule has 278 valence electrons. The molecule has 5 aliphatic carbocycles. The molecule has 0 radical (unpaired) electrons. The zero-order chi connectivity index (χ0) is 36.7. The fourth-order valence-corrected chi connectivity index (χ4v) is 12.3. The van der Waals surface area contributed by atoms with Crippen molar-refractivity contribution in [1.82, 2.24) is 14.9 Å². The van der Waals surface area contributed by atoms with Crippen molar-refractivity contribution in [3.63, 3.8) is 0 Å². The van der Waals surface area contributed by atoms with Crippen molar-refractivity contribution in [3.05, 3.63) is 12.7 Å². The Bertz CT molecular complexity index is 1570. The summed E-state index contributed by atoms with van der Waals surface area (Å²) in [5, 5.41) is 2.35. The van der Waals surface area contributed by atoms with Gasteiger partial charge in [0.1, 0.15) is 0 Å². The van der Waals surface area contributed by atoms with E-state index in [4.69, 9.17) is 0 Å². The van der Waals surface area contributed by atoms with Gasteiger partial charge in [-0.15, -0.1) is 6.58 Å². The Balaban J connectivity index is 1.28. The minimum atomic E-state index is -3.81. The molecule has 11 heteroatoms. The number of Topliss-reactive ketones (excluding diaryl/α,β-unsaturated/α-hetero) is 2. The summed E-state index contributed by atoms with van der Waals surface area (Å²) in [5.41, 5.74) is -2.09. The fraction of sp³-hybridized carbons (Fsp3) is 0.821. The van der Waals surface area contributed by atoms with Crippen molar-refractivity contribution < 1.29 is 32.4 Å². The van der Waals surface area contributed by atoms with E-state index in [1.165, 1.54) is 6.92 Å². The molecule has 10 nitrogen and oxygen atoms in total. The van der Waals surface area contributed by atoms with E-state index in [0.717, 1.165) is 51.4 Å². The zero-order valence-corrected chi connectivity index (χ0v) is 31.9. The van der Waals surface area contributed by atoms with Crippen LogP contribution in [0.1, 0.15) is 131 Å². The molecule has 1 heterocycles. The number of carbonyl (C=O) groups is 5. The van der Waals surface area contributed by atoms with Crippen LogP contribution in [0.2, 0.25) is 0 Å². The topological polar surface area (TPSA) is 147 Å². The number of carbonyl (C=O) groups excluding carboxylic acids is 5. The third-order valence-corrected chi connectivity index (χ3v) is 16.4. The molecule has 5 saturated carbocycles. The number of sulfonamides is 1. The lowest BCUT2D eigenvalue weighted by atomic mass is 9.73. The Morgan fingerprint density at radius 3 is 2.06 bits per heavy atom. The van der Waals surface area contributed by atoms with Gasteiger partial charge >= 0.3 is 0 Å². The normalized spacial score (nSPS) is 32.5. The molecule has 3 amide bonds. The average molecular weight is 714 g/mol. The van der Waals surface area contributed by atoms with Crippen LogP contribution in [-0.4, -0.2) is 66.5 Å². The minimum Gasteiger partial charge on any atom is -0.346 e. The van der Waals surface area contributed by atoms with Crippen molar-refractivity contribution in [2.45, 2.75) is 149 Å². The van der Waals surface area contributed by atoms with Crippen molar-refractivity contribution in [2.24, 2.45) is 44.8 Å². The van der Waals surface area contributed by atoms with E-state index in [0.29, 0.717) is 32.2 Å². The van der Waals surface area contributed by atoms with Crippen LogP contribution in [0.25, 0.3) is 0 Å². The van der Waals surface area contributed by atoms with Gasteiger partial charge in [-0.25, -0.2) is 8.42 Å². The lowest BCUT2D eigenvalue weighted by Gasteiger charge is -2.37. The van der Waals surface area contributed by atoms with E-state index in [9.17, 15) is 32.4 Å². The van der Waals surface area contributed by atoms with Crippen LogP contribution >= 0.6 is 0 Å². The van der Waals surface area contributed by atoms with Gasteiger partial charge in [0.15, 0.2) is 11.6 Å². The molecule has 1 saturated heterocycles. The maximum absolute atomic E-state index is 15.0. The number of fused-ring (bicyclic) bond motifs is 1. The highest BCUT2D eigenvalue weighted by atomic mass is 32.2. The Hall–Kier alpha value is -2.56. The predicted octanol–water partition coefficient (Wildman–Crippen LogP) is 5.25. The minimum absolute atomic E-state index is 0.0351. The molecule has 6 rings (SSSR count). The first kappa shape index (κ1) is 37.2. The largest absolute Gasteiger partial charge is 0.346 e. The third kappa shape index (κ3) is 5.99. The summed E-state index contributed by atoms with van der Waals surface area (Å²) in [4.78, 5) is 71.3. The van der Waals surface area contributed by atoms with Gasteiger partial charge in [0.2, 0.25) is 27.7 Å². The monoisotopic (exact) mass is 713 g/mol. The third-order valence-electron chi connectivity index (χ3n) is 14.6. The molecule has 6 atom stereocenters. The molecule has 0 aromatic heterocycles. The number of ketones is 2. The van der Waals surface area contributed by atoms with E-state index in [1.807, 2.05) is 20.8 Å². The van der Waals surface area contributed by atoms with Gasteiger partial charge in [-0.3, -0.25) is 28.7 Å². The number of amides is 3. The maximum Gasteiger partial charge on any atom is 0.240 e. The average Bonchev–Trinajstić information content (AvgIpc) is 3.95. The molecule has 0 unspecified atom stereocenters. The van der Waals surface area contributed by atoms with Crippen LogP contribution in [0, 0.1) is 44.8 Å². The molecular weight excluding hydrogens is 655 g/mol. The van der Waals surface area contributed by atoms with E-state index in [-0.39, 0.29) is 64.3 Å². The molecule has 6 aliphatic rings. The highest BCUT2D eigenvalue weighted by molar-refractivity contribution is 7.90. The van der Waals surface area contributed by atoms with Crippen LogP contribution in [0.15, 0.2) is 12.7 Å². The first-order valence-electron chi connectivity index (χ1n) is 19.1. The molecule has 2 spiro atoms. The summed E-state index contributed by atoms with van der Waals surface area (Å²) in [5.74, 6) is -2.53. The quantitative estimate of drug-likeness (QED) is 0.248. The van der Waals surface area contributed by atoms with Crippen molar-refractivity contribution in [2.75, 3.05) is 6.54 Å². The van der Waals surface area contributed by atoms with E-state index in [1.54, 1.807) is 11.0 Å². The van der Waals surface area contributed by atoms with E-state index >= 15 is 0 Å². The smallest absolute Gasteiger partial charge is 0.240 e. The molecular formula is C39H59N3O7S. The number of hydrogen-bond acceptors (Lipinski definition) is 7. The Morgan fingerprint density at radius 2 is 1.58 bits per heavy atom. The summed E-state index contributed by atoms with van der Waals surface area (Å²) < 4.78 is 27.8. The highest BCUT2D eigenvalue weighted by Gasteiger charge is 2.85. The van der Waals surface area contributed by atoms with Crippen LogP contribution in [0.4, 0.5) is 0 Å². The number of likely N-dealkylation sites (tertiary alicyclic amines) is 1. The molecule has 1 aliphatic heterocycles. The summed E-state index contributed by atoms with van der Waals surface area (Å²) >= 11 is 0. The predicted molar refractivity (Wildman–Crippen MR) is 190 cm³/mol. The van der Waals surface area contributed by atoms with Crippen LogP contribution in [0.3, 0.4) is 0 Å². The van der Waals surface area contributed by atoms with Gasteiger partial charge in [-0.2, -0.15) is 0 Å². The summed E-state index contributed by atoms with van der Waals surface area (Å²) in [6.07, 6.45) is 11.3. The second kappa shape index (κ2) is 12.5. The number of rotatable bonds is 13. The summed E-state index contributed by atoms with van der Waals surface area (Å²) in [6, 6.07) is -1.42. The first-order valence-corrected chi connectivity index (χ1v) is 20.6. The standard InChI is InChI=1S/C39H59N3O7S/c1-8-26-20-37(26,34(47)41-50(48,49)27-15-16-27)22-31(45)29-21-39(36(6,7)38(39)17-12-18-38)23-42(29)33(46)28(35(3,4)5)19-30(44)32(40-24(2)43)25-13-10-9-11-14-25/h8,25-29,32H,1,9-23H2,2-7H3,(H,40,43)(H,41,47)/t26-,28-,29+,32+,37-,39-/m1/s1. The zero-order valence-electron chi connectivity index (χ0n) is 31.1. The molecule has 0 aromatic rings. The number of allylic oxidation sites excluding steroid dienone is 1. The van der Waals surface area contributed by atoms with Crippen LogP contribution in [-0.2, 0) is 34.0 Å². The van der Waals surface area contributed by atoms with Crippen molar-refractivity contribution >= 4 is 39.3 Å². The highest BCUT2D eigenvalue weighted by Crippen LogP contribution is 2.88. The Kier molecular flexibility index (Phi) is 9.33. The number of hydrogen-bond donors (Lipinski definition) is 2. The van der Waals surface area contributed by atoms with Gasteiger partial charge in [0, 0.05) is 37.6 Å². The molecule has 0 bridgehead atoms. The molecule has 50 heavy (non-hydrogen) atoms. The van der Waals surface area contributed by atoms with Gasteiger partial charge in [0.05, 0.1) is 22.7 Å². The van der Waals surface area contributed by atoms with Crippen molar-refractivity contribution in [3.8, 4) is 0 Å².